The first-order valence-electron chi connectivity index (χ1n) is 8.50. The van der Waals surface area contributed by atoms with Crippen molar-refractivity contribution < 1.29 is 4.74 Å². The normalized spacial score (nSPS) is 12.9. The van der Waals surface area contributed by atoms with Crippen LogP contribution in [0.2, 0.25) is 0 Å². The number of para-hydroxylation sites is 1. The molecule has 2 rings (SSSR count). The number of hydrogen-bond donors (Lipinski definition) is 2. The third-order valence-corrected chi connectivity index (χ3v) is 4.19. The van der Waals surface area contributed by atoms with Crippen molar-refractivity contribution in [3.8, 4) is 5.75 Å². The van der Waals surface area contributed by atoms with Gasteiger partial charge in [-0.1, -0.05) is 37.3 Å². The number of benzene rings is 2. The van der Waals surface area contributed by atoms with E-state index in [1.54, 1.807) is 7.11 Å². The molecule has 2 aromatic rings. The van der Waals surface area contributed by atoms with Gasteiger partial charge < -0.3 is 20.7 Å². The zero-order valence-electron chi connectivity index (χ0n) is 15.5. The van der Waals surface area contributed by atoms with Crippen LogP contribution in [0.3, 0.4) is 0 Å². The van der Waals surface area contributed by atoms with Crippen LogP contribution in [0.25, 0.3) is 0 Å². The molecular formula is C20H28N4O. The van der Waals surface area contributed by atoms with Gasteiger partial charge in [0.15, 0.2) is 5.96 Å². The van der Waals surface area contributed by atoms with Crippen LogP contribution in [-0.2, 0) is 6.42 Å². The number of rotatable bonds is 7. The van der Waals surface area contributed by atoms with E-state index in [1.807, 2.05) is 44.4 Å². The van der Waals surface area contributed by atoms with Crippen LogP contribution >= 0.6 is 0 Å². The second kappa shape index (κ2) is 9.08. The molecule has 0 fully saturated rings. The number of aryl methyl sites for hydroxylation is 1. The van der Waals surface area contributed by atoms with Crippen LogP contribution in [0.4, 0.5) is 5.69 Å². The van der Waals surface area contributed by atoms with Crippen molar-refractivity contribution in [2.45, 2.75) is 19.4 Å². The number of hydrogen-bond acceptors (Lipinski definition) is 3. The van der Waals surface area contributed by atoms with Crippen LogP contribution in [0.1, 0.15) is 24.1 Å². The summed E-state index contributed by atoms with van der Waals surface area (Å²) in [6.07, 6.45) is 1.02. The molecule has 1 atom stereocenters. The van der Waals surface area contributed by atoms with Crippen LogP contribution in [0.5, 0.6) is 5.75 Å². The Morgan fingerprint density at radius 3 is 2.44 bits per heavy atom. The summed E-state index contributed by atoms with van der Waals surface area (Å²) in [5, 5.41) is 3.15. The van der Waals surface area contributed by atoms with Gasteiger partial charge in [-0.3, -0.25) is 4.99 Å². The molecule has 0 aliphatic heterocycles. The number of anilines is 1. The molecule has 0 aliphatic rings. The lowest BCUT2D eigenvalue weighted by Crippen LogP contribution is -2.27. The first kappa shape index (κ1) is 18.8. The van der Waals surface area contributed by atoms with Gasteiger partial charge in [0.2, 0.25) is 0 Å². The maximum atomic E-state index is 6.06. The lowest BCUT2D eigenvalue weighted by Gasteiger charge is -2.25. The van der Waals surface area contributed by atoms with Crippen molar-refractivity contribution in [3.05, 3.63) is 59.7 Å². The minimum absolute atomic E-state index is 0.0824. The zero-order chi connectivity index (χ0) is 18.2. The highest BCUT2D eigenvalue weighted by atomic mass is 16.5. The predicted molar refractivity (Wildman–Crippen MR) is 105 cm³/mol. The monoisotopic (exact) mass is 340 g/mol. The highest BCUT2D eigenvalue weighted by Crippen LogP contribution is 2.28. The summed E-state index contributed by atoms with van der Waals surface area (Å²) in [5.41, 5.74) is 9.40. The zero-order valence-corrected chi connectivity index (χ0v) is 15.5. The number of nitrogens with two attached hydrogens (primary N) is 1. The molecule has 0 amide bonds. The van der Waals surface area contributed by atoms with Crippen LogP contribution < -0.4 is 15.8 Å². The molecular weight excluding hydrogens is 312 g/mol. The maximum absolute atomic E-state index is 6.06. The van der Waals surface area contributed by atoms with Crippen molar-refractivity contribution >= 4 is 11.6 Å². The van der Waals surface area contributed by atoms with Crippen molar-refractivity contribution in [1.29, 1.82) is 0 Å². The molecule has 3 N–H and O–H groups in total. The topological polar surface area (TPSA) is 62.9 Å². The first-order chi connectivity index (χ1) is 12.0. The Kier molecular flexibility index (Phi) is 6.83. The Hall–Kier alpha value is -2.53. The van der Waals surface area contributed by atoms with Gasteiger partial charge in [0, 0.05) is 11.3 Å². The summed E-state index contributed by atoms with van der Waals surface area (Å²) < 4.78 is 5.48. The average molecular weight is 340 g/mol. The minimum Gasteiger partial charge on any atom is -0.496 e. The standard InChI is InChI=1S/C20H28N4O/c1-5-15-10-12-16(13-11-15)23-20(21)22-14-18(24(2)3)17-8-6-7-9-19(17)25-4/h6-13,18H,5,14H2,1-4H3,(H3,21,22,23). The van der Waals surface area contributed by atoms with Gasteiger partial charge in [-0.05, 0) is 44.3 Å². The van der Waals surface area contributed by atoms with E-state index in [9.17, 15) is 0 Å². The van der Waals surface area contributed by atoms with E-state index in [1.165, 1.54) is 5.56 Å². The molecule has 1 unspecified atom stereocenters. The van der Waals surface area contributed by atoms with E-state index in [2.05, 4.69) is 40.3 Å². The largest absolute Gasteiger partial charge is 0.496 e. The summed E-state index contributed by atoms with van der Waals surface area (Å²) in [5.74, 6) is 1.27. The molecule has 2 aromatic carbocycles. The van der Waals surface area contributed by atoms with Gasteiger partial charge in [0.1, 0.15) is 5.75 Å². The highest BCUT2D eigenvalue weighted by Gasteiger charge is 2.17. The SMILES string of the molecule is CCc1ccc(NC(N)=NCC(c2ccccc2OC)N(C)C)cc1. The number of likely N-dealkylation sites (N-methyl/N-ethyl adjacent to an activating group) is 1. The van der Waals surface area contributed by atoms with Crippen LogP contribution in [0, 0.1) is 0 Å². The molecule has 0 saturated carbocycles. The lowest BCUT2D eigenvalue weighted by molar-refractivity contribution is 0.295. The number of methoxy groups -OCH3 is 1. The van der Waals surface area contributed by atoms with E-state index in [0.717, 1.165) is 23.4 Å². The fourth-order valence-corrected chi connectivity index (χ4v) is 2.68. The third kappa shape index (κ3) is 5.22. The average Bonchev–Trinajstić information content (AvgIpc) is 2.62. The van der Waals surface area contributed by atoms with Gasteiger partial charge in [0.25, 0.3) is 0 Å². The molecule has 0 aliphatic carbocycles. The van der Waals surface area contributed by atoms with Gasteiger partial charge in [-0.25, -0.2) is 0 Å². The second-order valence-corrected chi connectivity index (χ2v) is 6.12. The molecule has 0 spiro atoms. The molecule has 0 radical (unpaired) electrons. The fourth-order valence-electron chi connectivity index (χ4n) is 2.68. The van der Waals surface area contributed by atoms with Crippen molar-refractivity contribution in [2.75, 3.05) is 33.1 Å². The summed E-state index contributed by atoms with van der Waals surface area (Å²) in [4.78, 5) is 6.64. The molecule has 5 heteroatoms. The first-order valence-corrected chi connectivity index (χ1v) is 8.50. The number of ether oxygens (including phenoxy) is 1. The molecule has 0 bridgehead atoms. The number of nitrogens with zero attached hydrogens (tertiary/aromatic N) is 2. The van der Waals surface area contributed by atoms with Gasteiger partial charge in [-0.2, -0.15) is 0 Å². The minimum atomic E-state index is 0.0824. The maximum Gasteiger partial charge on any atom is 0.193 e. The van der Waals surface area contributed by atoms with E-state index in [0.29, 0.717) is 12.5 Å². The predicted octanol–water partition coefficient (Wildman–Crippen LogP) is 3.29. The van der Waals surface area contributed by atoms with Crippen molar-refractivity contribution in [2.24, 2.45) is 10.7 Å². The Morgan fingerprint density at radius 1 is 1.16 bits per heavy atom. The lowest BCUT2D eigenvalue weighted by atomic mass is 10.0. The van der Waals surface area contributed by atoms with Crippen LogP contribution in [-0.4, -0.2) is 38.6 Å². The van der Waals surface area contributed by atoms with E-state index in [-0.39, 0.29) is 6.04 Å². The Balaban J connectivity index is 2.09. The molecule has 0 aromatic heterocycles. The number of nitrogens with one attached hydrogen (secondary N) is 1. The van der Waals surface area contributed by atoms with Gasteiger partial charge >= 0.3 is 0 Å². The van der Waals surface area contributed by atoms with Gasteiger partial charge in [-0.15, -0.1) is 0 Å². The second-order valence-electron chi connectivity index (χ2n) is 6.12. The summed E-state index contributed by atoms with van der Waals surface area (Å²) in [6, 6.07) is 16.3. The molecule has 5 nitrogen and oxygen atoms in total. The van der Waals surface area contributed by atoms with Crippen molar-refractivity contribution in [1.82, 2.24) is 4.90 Å². The number of aliphatic imine (C=N–C) groups is 1. The Morgan fingerprint density at radius 2 is 1.84 bits per heavy atom. The summed E-state index contributed by atoms with van der Waals surface area (Å²) >= 11 is 0. The summed E-state index contributed by atoms with van der Waals surface area (Å²) in [7, 11) is 5.74. The molecule has 25 heavy (non-hydrogen) atoms. The van der Waals surface area contributed by atoms with E-state index >= 15 is 0 Å². The Labute approximate surface area is 150 Å². The fraction of sp³-hybridized carbons (Fsp3) is 0.350. The van der Waals surface area contributed by atoms with Gasteiger partial charge in [0.05, 0.1) is 19.7 Å². The summed E-state index contributed by atoms with van der Waals surface area (Å²) in [6.45, 7) is 2.68. The molecule has 0 saturated heterocycles. The highest BCUT2D eigenvalue weighted by molar-refractivity contribution is 5.92. The third-order valence-electron chi connectivity index (χ3n) is 4.19. The Bertz CT molecular complexity index is 695. The van der Waals surface area contributed by atoms with E-state index in [4.69, 9.17) is 10.5 Å². The van der Waals surface area contributed by atoms with E-state index < -0.39 is 0 Å². The van der Waals surface area contributed by atoms with Crippen LogP contribution in [0.15, 0.2) is 53.5 Å². The van der Waals surface area contributed by atoms with Crippen molar-refractivity contribution in [3.63, 3.8) is 0 Å². The smallest absolute Gasteiger partial charge is 0.193 e. The molecule has 0 heterocycles. The quantitative estimate of drug-likeness (QED) is 0.600. The molecule has 134 valence electrons. The number of guanidine groups is 1.